The summed E-state index contributed by atoms with van der Waals surface area (Å²) in [5.41, 5.74) is 0.839. The van der Waals surface area contributed by atoms with E-state index in [4.69, 9.17) is 0 Å². The molecule has 18 heavy (non-hydrogen) atoms. The first-order chi connectivity index (χ1) is 8.31. The van der Waals surface area contributed by atoms with E-state index in [2.05, 4.69) is 5.32 Å². The first-order valence-electron chi connectivity index (χ1n) is 5.95. The number of rotatable bonds is 5. The van der Waals surface area contributed by atoms with Crippen LogP contribution in [0.5, 0.6) is 0 Å². The van der Waals surface area contributed by atoms with Crippen LogP contribution in [0.25, 0.3) is 0 Å². The molecular weight excluding hydrogens is 246 g/mol. The number of carboxylic acid groups (broad SMARTS) is 1. The molecule has 3 nitrogen and oxygen atoms in total. The van der Waals surface area contributed by atoms with Crippen molar-refractivity contribution in [2.24, 2.45) is 0 Å². The van der Waals surface area contributed by atoms with Crippen LogP contribution >= 0.6 is 11.8 Å². The first-order valence-corrected chi connectivity index (χ1v) is 7.18. The van der Waals surface area contributed by atoms with Crippen LogP contribution in [0, 0.1) is 0 Å². The van der Waals surface area contributed by atoms with Gasteiger partial charge in [0.25, 0.3) is 0 Å². The third kappa shape index (κ3) is 5.10. The number of benzene rings is 1. The normalized spacial score (nSPS) is 13.3. The summed E-state index contributed by atoms with van der Waals surface area (Å²) < 4.78 is 0. The summed E-state index contributed by atoms with van der Waals surface area (Å²) in [4.78, 5) is 12.4. The molecule has 2 N–H and O–H groups in total. The lowest BCUT2D eigenvalue weighted by molar-refractivity contribution is -0.140. The summed E-state index contributed by atoms with van der Waals surface area (Å²) in [6, 6.07) is 7.46. The number of hydrogen-bond donors (Lipinski definition) is 2. The highest BCUT2D eigenvalue weighted by Crippen LogP contribution is 2.17. The van der Waals surface area contributed by atoms with Gasteiger partial charge in [-0.3, -0.25) is 10.1 Å². The van der Waals surface area contributed by atoms with Crippen molar-refractivity contribution in [2.75, 3.05) is 6.26 Å². The molecule has 0 saturated heterocycles. The van der Waals surface area contributed by atoms with Crippen LogP contribution < -0.4 is 5.32 Å². The predicted octanol–water partition coefficient (Wildman–Crippen LogP) is 2.79. The Bertz CT molecular complexity index is 413. The minimum atomic E-state index is -0.806. The number of carbonyl (C=O) groups is 1. The van der Waals surface area contributed by atoms with Crippen LogP contribution in [-0.4, -0.2) is 28.9 Å². The zero-order chi connectivity index (χ0) is 13.8. The average molecular weight is 267 g/mol. The number of nitrogens with one attached hydrogen (secondary N) is 1. The van der Waals surface area contributed by atoms with Crippen molar-refractivity contribution in [3.05, 3.63) is 29.8 Å². The Morgan fingerprint density at radius 1 is 1.44 bits per heavy atom. The molecule has 0 heterocycles. The minimum absolute atomic E-state index is 0.208. The molecule has 0 aromatic heterocycles. The maximum atomic E-state index is 11.3. The van der Waals surface area contributed by atoms with Crippen LogP contribution in [0.4, 0.5) is 0 Å². The lowest BCUT2D eigenvalue weighted by atomic mass is 10.0. The van der Waals surface area contributed by atoms with Crippen molar-refractivity contribution in [1.82, 2.24) is 5.32 Å². The van der Waals surface area contributed by atoms with Gasteiger partial charge in [-0.05, 0) is 51.1 Å². The van der Waals surface area contributed by atoms with Crippen LogP contribution in [0.1, 0.15) is 26.3 Å². The van der Waals surface area contributed by atoms with Crippen molar-refractivity contribution in [3.8, 4) is 0 Å². The van der Waals surface area contributed by atoms with Crippen molar-refractivity contribution in [1.29, 1.82) is 0 Å². The van der Waals surface area contributed by atoms with Crippen LogP contribution in [0.2, 0.25) is 0 Å². The Kier molecular flexibility index (Phi) is 5.23. The minimum Gasteiger partial charge on any atom is -0.480 e. The second-order valence-electron chi connectivity index (χ2n) is 5.34. The molecular formula is C14H21NO2S. The van der Waals surface area contributed by atoms with Crippen LogP contribution in [0.3, 0.4) is 0 Å². The van der Waals surface area contributed by atoms with Crippen LogP contribution in [-0.2, 0) is 11.2 Å². The second-order valence-corrected chi connectivity index (χ2v) is 6.22. The van der Waals surface area contributed by atoms with Gasteiger partial charge in [-0.2, -0.15) is 0 Å². The van der Waals surface area contributed by atoms with Gasteiger partial charge in [-0.1, -0.05) is 12.1 Å². The van der Waals surface area contributed by atoms with E-state index in [-0.39, 0.29) is 5.54 Å². The number of hydrogen-bond acceptors (Lipinski definition) is 3. The zero-order valence-corrected chi connectivity index (χ0v) is 12.2. The molecule has 100 valence electrons. The fraction of sp³-hybridized carbons (Fsp3) is 0.500. The molecule has 4 heteroatoms. The summed E-state index contributed by atoms with van der Waals surface area (Å²) in [5, 5.41) is 12.4. The molecule has 0 amide bonds. The molecule has 1 rings (SSSR count). The molecule has 0 aliphatic rings. The Hall–Kier alpha value is -1.00. The molecule has 0 radical (unpaired) electrons. The predicted molar refractivity (Wildman–Crippen MR) is 76.2 cm³/mol. The van der Waals surface area contributed by atoms with Crippen molar-refractivity contribution < 1.29 is 9.90 Å². The molecule has 0 bridgehead atoms. The largest absolute Gasteiger partial charge is 0.480 e. The van der Waals surface area contributed by atoms with Gasteiger partial charge < -0.3 is 5.11 Å². The van der Waals surface area contributed by atoms with E-state index in [9.17, 15) is 9.90 Å². The third-order valence-corrected chi connectivity index (χ3v) is 3.20. The average Bonchev–Trinajstić information content (AvgIpc) is 2.26. The van der Waals surface area contributed by atoms with Gasteiger partial charge in [0.2, 0.25) is 0 Å². The van der Waals surface area contributed by atoms with Gasteiger partial charge >= 0.3 is 5.97 Å². The molecule has 1 unspecified atom stereocenters. The lowest BCUT2D eigenvalue weighted by Crippen LogP contribution is -2.48. The molecule has 0 aliphatic heterocycles. The van der Waals surface area contributed by atoms with E-state index in [0.717, 1.165) is 10.5 Å². The molecule has 0 spiro atoms. The summed E-state index contributed by atoms with van der Waals surface area (Å²) in [7, 11) is 0. The number of thioether (sulfide) groups is 1. The topological polar surface area (TPSA) is 49.3 Å². The van der Waals surface area contributed by atoms with Crippen molar-refractivity contribution in [2.45, 2.75) is 43.7 Å². The number of carboxylic acids is 1. The SMILES string of the molecule is CSc1cccc(CC(NC(C)(C)C)C(=O)O)c1. The molecule has 0 saturated carbocycles. The van der Waals surface area contributed by atoms with Crippen molar-refractivity contribution in [3.63, 3.8) is 0 Å². The Morgan fingerprint density at radius 2 is 2.11 bits per heavy atom. The summed E-state index contributed by atoms with van der Waals surface area (Å²) in [5.74, 6) is -0.806. The highest BCUT2D eigenvalue weighted by atomic mass is 32.2. The Balaban J connectivity index is 2.80. The summed E-state index contributed by atoms with van der Waals surface area (Å²) in [6.45, 7) is 5.92. The van der Waals surface area contributed by atoms with E-state index >= 15 is 0 Å². The van der Waals surface area contributed by atoms with Gasteiger partial charge in [-0.25, -0.2) is 0 Å². The zero-order valence-electron chi connectivity index (χ0n) is 11.4. The quantitative estimate of drug-likeness (QED) is 0.805. The molecule has 1 atom stereocenters. The maximum absolute atomic E-state index is 11.3. The fourth-order valence-electron chi connectivity index (χ4n) is 1.76. The van der Waals surface area contributed by atoms with E-state index in [1.54, 1.807) is 11.8 Å². The highest BCUT2D eigenvalue weighted by Gasteiger charge is 2.23. The van der Waals surface area contributed by atoms with Crippen molar-refractivity contribution >= 4 is 17.7 Å². The summed E-state index contributed by atoms with van der Waals surface area (Å²) >= 11 is 1.66. The van der Waals surface area contributed by atoms with Crippen LogP contribution in [0.15, 0.2) is 29.2 Å². The molecule has 0 aliphatic carbocycles. The van der Waals surface area contributed by atoms with E-state index < -0.39 is 12.0 Å². The van der Waals surface area contributed by atoms with E-state index in [1.165, 1.54) is 0 Å². The fourth-order valence-corrected chi connectivity index (χ4v) is 2.24. The second kappa shape index (κ2) is 6.25. The van der Waals surface area contributed by atoms with E-state index in [0.29, 0.717) is 6.42 Å². The van der Waals surface area contributed by atoms with Gasteiger partial charge in [-0.15, -0.1) is 11.8 Å². The summed E-state index contributed by atoms with van der Waals surface area (Å²) in [6.07, 6.45) is 2.52. The smallest absolute Gasteiger partial charge is 0.321 e. The Morgan fingerprint density at radius 3 is 2.61 bits per heavy atom. The van der Waals surface area contributed by atoms with Gasteiger partial charge in [0.1, 0.15) is 6.04 Å². The third-order valence-electron chi connectivity index (χ3n) is 2.48. The van der Waals surface area contributed by atoms with Gasteiger partial charge in [0.05, 0.1) is 0 Å². The van der Waals surface area contributed by atoms with E-state index in [1.807, 2.05) is 51.3 Å². The first kappa shape index (κ1) is 15.1. The number of aliphatic carboxylic acids is 1. The molecule has 1 aromatic rings. The lowest BCUT2D eigenvalue weighted by Gasteiger charge is -2.26. The van der Waals surface area contributed by atoms with Gasteiger partial charge in [0, 0.05) is 10.4 Å². The maximum Gasteiger partial charge on any atom is 0.321 e. The standard InChI is InChI=1S/C14H21NO2S/c1-14(2,3)15-12(13(16)17)9-10-6-5-7-11(8-10)18-4/h5-8,12,15H,9H2,1-4H3,(H,16,17). The Labute approximate surface area is 113 Å². The monoisotopic (exact) mass is 267 g/mol. The van der Waals surface area contributed by atoms with Gasteiger partial charge in [0.15, 0.2) is 0 Å². The molecule has 0 fully saturated rings. The highest BCUT2D eigenvalue weighted by molar-refractivity contribution is 7.98. The molecule has 1 aromatic carbocycles.